The van der Waals surface area contributed by atoms with Crippen LogP contribution >= 0.6 is 11.3 Å². The van der Waals surface area contributed by atoms with Crippen molar-refractivity contribution in [2.45, 2.75) is 13.8 Å². The second kappa shape index (κ2) is 9.89. The van der Waals surface area contributed by atoms with Crippen LogP contribution in [0.4, 0.5) is 5.00 Å². The molecule has 154 valence electrons. The van der Waals surface area contributed by atoms with Crippen LogP contribution in [-0.4, -0.2) is 25.6 Å². The van der Waals surface area contributed by atoms with E-state index >= 15 is 0 Å². The molecule has 0 unspecified atom stereocenters. The first-order valence-electron chi connectivity index (χ1n) is 9.52. The van der Waals surface area contributed by atoms with E-state index in [1.807, 2.05) is 61.5 Å². The van der Waals surface area contributed by atoms with Gasteiger partial charge in [-0.25, -0.2) is 4.79 Å². The highest BCUT2D eigenvalue weighted by molar-refractivity contribution is 7.17. The number of esters is 1. The van der Waals surface area contributed by atoms with Crippen molar-refractivity contribution < 1.29 is 19.1 Å². The first kappa shape index (κ1) is 21.3. The van der Waals surface area contributed by atoms with Crippen LogP contribution < -0.4 is 10.1 Å². The third-order valence-electron chi connectivity index (χ3n) is 4.41. The molecule has 0 fully saturated rings. The molecule has 0 atom stereocenters. The van der Waals surface area contributed by atoms with Gasteiger partial charge in [-0.3, -0.25) is 4.79 Å². The van der Waals surface area contributed by atoms with Crippen LogP contribution in [0.5, 0.6) is 5.75 Å². The Kier molecular flexibility index (Phi) is 7.03. The van der Waals surface area contributed by atoms with Crippen molar-refractivity contribution in [2.75, 3.05) is 19.0 Å². The monoisotopic (exact) mass is 421 g/mol. The van der Waals surface area contributed by atoms with E-state index in [1.165, 1.54) is 17.4 Å². The first-order chi connectivity index (χ1) is 14.5. The topological polar surface area (TPSA) is 64.6 Å². The van der Waals surface area contributed by atoms with Crippen LogP contribution in [0.2, 0.25) is 0 Å². The number of aryl methyl sites for hydroxylation is 1. The maximum absolute atomic E-state index is 12.7. The number of hydrogen-bond donors (Lipinski definition) is 1. The molecule has 0 spiro atoms. The summed E-state index contributed by atoms with van der Waals surface area (Å²) in [7, 11) is 1.60. The van der Waals surface area contributed by atoms with Crippen LogP contribution in [0.25, 0.3) is 17.2 Å². The van der Waals surface area contributed by atoms with Crippen molar-refractivity contribution in [3.63, 3.8) is 0 Å². The predicted molar refractivity (Wildman–Crippen MR) is 121 cm³/mol. The first-order valence-corrected chi connectivity index (χ1v) is 10.3. The molecule has 0 saturated heterocycles. The molecule has 1 N–H and O–H groups in total. The summed E-state index contributed by atoms with van der Waals surface area (Å²) < 4.78 is 10.4. The van der Waals surface area contributed by atoms with E-state index in [2.05, 4.69) is 5.32 Å². The highest BCUT2D eigenvalue weighted by Crippen LogP contribution is 2.40. The number of carbonyl (C=O) groups is 2. The highest BCUT2D eigenvalue weighted by atomic mass is 32.1. The summed E-state index contributed by atoms with van der Waals surface area (Å²) in [5.74, 6) is -0.0226. The van der Waals surface area contributed by atoms with E-state index in [0.29, 0.717) is 10.6 Å². The number of nitrogens with one attached hydrogen (secondary N) is 1. The molecule has 1 heterocycles. The van der Waals surface area contributed by atoms with Crippen molar-refractivity contribution in [1.82, 2.24) is 0 Å². The van der Waals surface area contributed by atoms with Crippen molar-refractivity contribution in [1.29, 1.82) is 0 Å². The van der Waals surface area contributed by atoms with E-state index in [4.69, 9.17) is 9.47 Å². The standard InChI is InChI=1S/C24H23NO4S/c1-4-29-24(27)22-21(18-8-6-5-7-9-18)16(2)30-23(22)25-20(26)15-12-17-10-13-19(28-3)14-11-17/h5-15H,4H2,1-3H3,(H,25,26)/b15-12+. The summed E-state index contributed by atoms with van der Waals surface area (Å²) in [5.41, 5.74) is 2.94. The molecular formula is C24H23NO4S. The number of ether oxygens (including phenoxy) is 2. The van der Waals surface area contributed by atoms with Gasteiger partial charge < -0.3 is 14.8 Å². The van der Waals surface area contributed by atoms with Crippen molar-refractivity contribution in [3.05, 3.63) is 76.7 Å². The van der Waals surface area contributed by atoms with Gasteiger partial charge >= 0.3 is 5.97 Å². The van der Waals surface area contributed by atoms with E-state index < -0.39 is 5.97 Å². The summed E-state index contributed by atoms with van der Waals surface area (Å²) in [6.07, 6.45) is 3.14. The smallest absolute Gasteiger partial charge is 0.341 e. The Morgan fingerprint density at radius 2 is 1.77 bits per heavy atom. The Balaban J connectivity index is 1.88. The summed E-state index contributed by atoms with van der Waals surface area (Å²) in [6.45, 7) is 3.94. The minimum atomic E-state index is -0.449. The molecule has 2 aromatic carbocycles. The van der Waals surface area contributed by atoms with Gasteiger partial charge in [-0.1, -0.05) is 42.5 Å². The highest BCUT2D eigenvalue weighted by Gasteiger charge is 2.25. The van der Waals surface area contributed by atoms with Crippen LogP contribution in [0, 0.1) is 6.92 Å². The zero-order chi connectivity index (χ0) is 21.5. The van der Waals surface area contributed by atoms with Gasteiger partial charge in [0.15, 0.2) is 0 Å². The van der Waals surface area contributed by atoms with Crippen LogP contribution in [0.3, 0.4) is 0 Å². The van der Waals surface area contributed by atoms with E-state index in [0.717, 1.165) is 27.3 Å². The normalized spacial score (nSPS) is 10.8. The van der Waals surface area contributed by atoms with Gasteiger partial charge in [0.2, 0.25) is 5.91 Å². The average molecular weight is 422 g/mol. The molecule has 0 radical (unpaired) electrons. The van der Waals surface area contributed by atoms with Crippen molar-refractivity contribution in [3.8, 4) is 16.9 Å². The zero-order valence-electron chi connectivity index (χ0n) is 17.1. The summed E-state index contributed by atoms with van der Waals surface area (Å²) >= 11 is 1.36. The maximum atomic E-state index is 12.7. The van der Waals surface area contributed by atoms with Crippen LogP contribution in [0.1, 0.15) is 27.7 Å². The predicted octanol–water partition coefficient (Wildman–Crippen LogP) is 5.56. The lowest BCUT2D eigenvalue weighted by Crippen LogP contribution is -2.12. The molecule has 5 nitrogen and oxygen atoms in total. The Hall–Kier alpha value is -3.38. The van der Waals surface area contributed by atoms with Gasteiger partial charge in [0.25, 0.3) is 0 Å². The number of amides is 1. The largest absolute Gasteiger partial charge is 0.497 e. The number of anilines is 1. The van der Waals surface area contributed by atoms with Crippen LogP contribution in [0.15, 0.2) is 60.7 Å². The SMILES string of the molecule is CCOC(=O)c1c(NC(=O)/C=C/c2ccc(OC)cc2)sc(C)c1-c1ccccc1. The zero-order valence-corrected chi connectivity index (χ0v) is 17.9. The van der Waals surface area contributed by atoms with Gasteiger partial charge in [0.05, 0.1) is 13.7 Å². The van der Waals surface area contributed by atoms with Gasteiger partial charge in [-0.05, 0) is 43.2 Å². The van der Waals surface area contributed by atoms with Gasteiger partial charge in [0, 0.05) is 16.5 Å². The Morgan fingerprint density at radius 3 is 2.40 bits per heavy atom. The molecule has 0 bridgehead atoms. The molecule has 0 aliphatic heterocycles. The number of benzene rings is 2. The van der Waals surface area contributed by atoms with E-state index in [-0.39, 0.29) is 12.5 Å². The Morgan fingerprint density at radius 1 is 1.07 bits per heavy atom. The molecule has 1 aromatic heterocycles. The number of methoxy groups -OCH3 is 1. The lowest BCUT2D eigenvalue weighted by Gasteiger charge is -2.08. The fourth-order valence-electron chi connectivity index (χ4n) is 3.02. The third kappa shape index (κ3) is 4.96. The second-order valence-corrected chi connectivity index (χ2v) is 7.64. The van der Waals surface area contributed by atoms with E-state index in [1.54, 1.807) is 20.1 Å². The molecule has 0 aliphatic rings. The number of hydrogen-bond acceptors (Lipinski definition) is 5. The van der Waals surface area contributed by atoms with Crippen LogP contribution in [-0.2, 0) is 9.53 Å². The molecule has 3 aromatic rings. The third-order valence-corrected chi connectivity index (χ3v) is 5.43. The summed E-state index contributed by atoms with van der Waals surface area (Å²) in [6, 6.07) is 17.0. The number of carbonyl (C=O) groups excluding carboxylic acids is 2. The maximum Gasteiger partial charge on any atom is 0.341 e. The average Bonchev–Trinajstić information content (AvgIpc) is 3.09. The minimum absolute atomic E-state index is 0.257. The minimum Gasteiger partial charge on any atom is -0.497 e. The van der Waals surface area contributed by atoms with Crippen molar-refractivity contribution in [2.24, 2.45) is 0 Å². The fraction of sp³-hybridized carbons (Fsp3) is 0.167. The molecular weight excluding hydrogens is 398 g/mol. The molecule has 30 heavy (non-hydrogen) atoms. The Bertz CT molecular complexity index is 1050. The molecule has 1 amide bonds. The lowest BCUT2D eigenvalue weighted by atomic mass is 10.0. The Labute approximate surface area is 180 Å². The quantitative estimate of drug-likeness (QED) is 0.401. The molecule has 3 rings (SSSR count). The van der Waals surface area contributed by atoms with Gasteiger partial charge in [-0.15, -0.1) is 11.3 Å². The molecule has 6 heteroatoms. The van der Waals surface area contributed by atoms with Crippen molar-refractivity contribution >= 4 is 34.3 Å². The number of rotatable bonds is 7. The molecule has 0 saturated carbocycles. The lowest BCUT2D eigenvalue weighted by molar-refractivity contribution is -0.111. The number of thiophene rings is 1. The van der Waals surface area contributed by atoms with E-state index in [9.17, 15) is 9.59 Å². The molecule has 0 aliphatic carbocycles. The van der Waals surface area contributed by atoms with Gasteiger partial charge in [-0.2, -0.15) is 0 Å². The van der Waals surface area contributed by atoms with Gasteiger partial charge in [0.1, 0.15) is 16.3 Å². The summed E-state index contributed by atoms with van der Waals surface area (Å²) in [4.78, 5) is 26.2. The fourth-order valence-corrected chi connectivity index (χ4v) is 4.09. The second-order valence-electron chi connectivity index (χ2n) is 6.42. The summed E-state index contributed by atoms with van der Waals surface area (Å²) in [5, 5.41) is 3.32.